The number of rotatable bonds is 4. The van der Waals surface area contributed by atoms with Crippen molar-refractivity contribution in [3.05, 3.63) is 60.2 Å². The molecular formula is C16H20N2. The highest BCUT2D eigenvalue weighted by Crippen LogP contribution is 2.27. The van der Waals surface area contributed by atoms with E-state index in [2.05, 4.69) is 85.5 Å². The summed E-state index contributed by atoms with van der Waals surface area (Å²) in [4.78, 5) is 4.43. The summed E-state index contributed by atoms with van der Waals surface area (Å²) in [5.74, 6) is 0. The Balaban J connectivity index is 2.21. The molecule has 0 saturated heterocycles. The van der Waals surface area contributed by atoms with E-state index in [0.717, 1.165) is 6.54 Å². The summed E-state index contributed by atoms with van der Waals surface area (Å²) >= 11 is 0. The molecule has 0 unspecified atom stereocenters. The molecule has 0 bridgehead atoms. The minimum atomic E-state index is 0.922. The standard InChI is InChI=1S/C16H20N2/c1-17(2)15-11-7-8-12-16(15)18(3)13-14-9-5-4-6-10-14/h4-12H,13H2,1-3H3. The first-order chi connectivity index (χ1) is 8.68. The first-order valence-electron chi connectivity index (χ1n) is 6.20. The van der Waals surface area contributed by atoms with Crippen molar-refractivity contribution < 1.29 is 0 Å². The molecule has 2 rings (SSSR count). The first kappa shape index (κ1) is 12.5. The quantitative estimate of drug-likeness (QED) is 0.808. The average molecular weight is 240 g/mol. The molecule has 18 heavy (non-hydrogen) atoms. The van der Waals surface area contributed by atoms with Gasteiger partial charge in [0.2, 0.25) is 0 Å². The highest BCUT2D eigenvalue weighted by atomic mass is 15.2. The van der Waals surface area contributed by atoms with Gasteiger partial charge < -0.3 is 9.80 Å². The maximum atomic E-state index is 2.28. The lowest BCUT2D eigenvalue weighted by Gasteiger charge is -2.25. The van der Waals surface area contributed by atoms with E-state index in [1.54, 1.807) is 0 Å². The lowest BCUT2D eigenvalue weighted by molar-refractivity contribution is 0.917. The molecule has 0 aliphatic carbocycles. The van der Waals surface area contributed by atoms with Crippen molar-refractivity contribution in [2.24, 2.45) is 0 Å². The summed E-state index contributed by atoms with van der Waals surface area (Å²) in [7, 11) is 6.29. The Morgan fingerprint density at radius 1 is 0.722 bits per heavy atom. The Morgan fingerprint density at radius 3 is 1.89 bits per heavy atom. The number of hydrogen-bond acceptors (Lipinski definition) is 2. The van der Waals surface area contributed by atoms with Crippen molar-refractivity contribution in [2.45, 2.75) is 6.54 Å². The van der Waals surface area contributed by atoms with Crippen LogP contribution in [0.3, 0.4) is 0 Å². The van der Waals surface area contributed by atoms with Crippen LogP contribution in [-0.2, 0) is 6.54 Å². The topological polar surface area (TPSA) is 6.48 Å². The zero-order valence-electron chi connectivity index (χ0n) is 11.3. The van der Waals surface area contributed by atoms with Gasteiger partial charge in [-0.2, -0.15) is 0 Å². The van der Waals surface area contributed by atoms with Crippen LogP contribution in [0.15, 0.2) is 54.6 Å². The highest BCUT2D eigenvalue weighted by molar-refractivity contribution is 5.70. The van der Waals surface area contributed by atoms with E-state index >= 15 is 0 Å². The molecular weight excluding hydrogens is 220 g/mol. The van der Waals surface area contributed by atoms with Crippen molar-refractivity contribution >= 4 is 11.4 Å². The zero-order chi connectivity index (χ0) is 13.0. The summed E-state index contributed by atoms with van der Waals surface area (Å²) in [6, 6.07) is 19.0. The highest BCUT2D eigenvalue weighted by Gasteiger charge is 2.08. The second-order valence-electron chi connectivity index (χ2n) is 4.72. The fourth-order valence-corrected chi connectivity index (χ4v) is 2.11. The molecule has 0 radical (unpaired) electrons. The molecule has 2 aromatic rings. The van der Waals surface area contributed by atoms with E-state index in [0.29, 0.717) is 0 Å². The molecule has 0 spiro atoms. The number of nitrogens with zero attached hydrogens (tertiary/aromatic N) is 2. The van der Waals surface area contributed by atoms with Crippen LogP contribution in [0.2, 0.25) is 0 Å². The number of anilines is 2. The minimum Gasteiger partial charge on any atom is -0.376 e. The molecule has 0 N–H and O–H groups in total. The van der Waals surface area contributed by atoms with Crippen molar-refractivity contribution in [1.29, 1.82) is 0 Å². The van der Waals surface area contributed by atoms with Crippen molar-refractivity contribution in [1.82, 2.24) is 0 Å². The largest absolute Gasteiger partial charge is 0.376 e. The number of hydrogen-bond donors (Lipinski definition) is 0. The molecule has 0 aliphatic rings. The third-order valence-electron chi connectivity index (χ3n) is 3.04. The van der Waals surface area contributed by atoms with Gasteiger partial charge >= 0.3 is 0 Å². The monoisotopic (exact) mass is 240 g/mol. The normalized spacial score (nSPS) is 10.2. The van der Waals surface area contributed by atoms with Crippen molar-refractivity contribution in [3.8, 4) is 0 Å². The molecule has 2 aromatic carbocycles. The molecule has 0 aliphatic heterocycles. The van der Waals surface area contributed by atoms with E-state index in [1.165, 1.54) is 16.9 Å². The average Bonchev–Trinajstić information content (AvgIpc) is 2.40. The Hall–Kier alpha value is -1.96. The van der Waals surface area contributed by atoms with Crippen LogP contribution in [0.25, 0.3) is 0 Å². The molecule has 0 saturated carbocycles. The maximum absolute atomic E-state index is 2.28. The molecule has 0 fully saturated rings. The van der Waals surface area contributed by atoms with Crippen LogP contribution in [0, 0.1) is 0 Å². The molecule has 2 heteroatoms. The predicted octanol–water partition coefficient (Wildman–Crippen LogP) is 3.39. The van der Waals surface area contributed by atoms with Gasteiger partial charge in [0.1, 0.15) is 0 Å². The summed E-state index contributed by atoms with van der Waals surface area (Å²) in [5.41, 5.74) is 3.83. The van der Waals surface area contributed by atoms with Gasteiger partial charge in [0, 0.05) is 27.7 Å². The van der Waals surface area contributed by atoms with Gasteiger partial charge in [-0.15, -0.1) is 0 Å². The lowest BCUT2D eigenvalue weighted by atomic mass is 10.2. The third-order valence-corrected chi connectivity index (χ3v) is 3.04. The Morgan fingerprint density at radius 2 is 1.28 bits per heavy atom. The van der Waals surface area contributed by atoms with Crippen molar-refractivity contribution in [2.75, 3.05) is 30.9 Å². The second-order valence-corrected chi connectivity index (χ2v) is 4.72. The summed E-state index contributed by atoms with van der Waals surface area (Å²) in [6.07, 6.45) is 0. The van der Waals surface area contributed by atoms with Crippen LogP contribution < -0.4 is 9.80 Å². The van der Waals surface area contributed by atoms with E-state index in [9.17, 15) is 0 Å². The van der Waals surface area contributed by atoms with Gasteiger partial charge in [0.05, 0.1) is 11.4 Å². The number of benzene rings is 2. The van der Waals surface area contributed by atoms with E-state index in [4.69, 9.17) is 0 Å². The molecule has 0 aromatic heterocycles. The summed E-state index contributed by atoms with van der Waals surface area (Å²) in [5, 5.41) is 0. The molecule has 0 atom stereocenters. The van der Waals surface area contributed by atoms with Crippen LogP contribution in [0.5, 0.6) is 0 Å². The van der Waals surface area contributed by atoms with Crippen LogP contribution >= 0.6 is 0 Å². The summed E-state index contributed by atoms with van der Waals surface area (Å²) < 4.78 is 0. The molecule has 2 nitrogen and oxygen atoms in total. The van der Waals surface area contributed by atoms with Crippen LogP contribution in [0.1, 0.15) is 5.56 Å². The SMILES string of the molecule is CN(C)c1ccccc1N(C)Cc1ccccc1. The van der Waals surface area contributed by atoms with Gasteiger partial charge in [-0.25, -0.2) is 0 Å². The lowest BCUT2D eigenvalue weighted by Crippen LogP contribution is -2.20. The third kappa shape index (κ3) is 2.83. The van der Waals surface area contributed by atoms with Gasteiger partial charge in [-0.1, -0.05) is 42.5 Å². The van der Waals surface area contributed by atoms with Crippen LogP contribution in [0.4, 0.5) is 11.4 Å². The fraction of sp³-hybridized carbons (Fsp3) is 0.250. The number of para-hydroxylation sites is 2. The van der Waals surface area contributed by atoms with Gasteiger partial charge in [0.15, 0.2) is 0 Å². The minimum absolute atomic E-state index is 0.922. The van der Waals surface area contributed by atoms with E-state index in [-0.39, 0.29) is 0 Å². The van der Waals surface area contributed by atoms with Gasteiger partial charge in [-0.05, 0) is 17.7 Å². The molecule has 0 amide bonds. The smallest absolute Gasteiger partial charge is 0.0604 e. The van der Waals surface area contributed by atoms with Crippen LogP contribution in [-0.4, -0.2) is 21.1 Å². The summed E-state index contributed by atoms with van der Waals surface area (Å²) in [6.45, 7) is 0.922. The Bertz CT molecular complexity index is 491. The Labute approximate surface area is 109 Å². The molecule has 0 heterocycles. The van der Waals surface area contributed by atoms with E-state index < -0.39 is 0 Å². The van der Waals surface area contributed by atoms with Gasteiger partial charge in [0.25, 0.3) is 0 Å². The van der Waals surface area contributed by atoms with Gasteiger partial charge in [-0.3, -0.25) is 0 Å². The Kier molecular flexibility index (Phi) is 3.88. The van der Waals surface area contributed by atoms with E-state index in [1.807, 2.05) is 0 Å². The zero-order valence-corrected chi connectivity index (χ0v) is 11.3. The van der Waals surface area contributed by atoms with Crippen molar-refractivity contribution in [3.63, 3.8) is 0 Å². The fourth-order valence-electron chi connectivity index (χ4n) is 2.11. The second kappa shape index (κ2) is 5.58. The predicted molar refractivity (Wildman–Crippen MR) is 79.3 cm³/mol. The molecule has 94 valence electrons. The first-order valence-corrected chi connectivity index (χ1v) is 6.20. The maximum Gasteiger partial charge on any atom is 0.0604 e.